The van der Waals surface area contributed by atoms with E-state index in [2.05, 4.69) is 5.32 Å². The van der Waals surface area contributed by atoms with Crippen molar-refractivity contribution in [3.8, 4) is 11.5 Å². The first-order valence-corrected chi connectivity index (χ1v) is 7.71. The van der Waals surface area contributed by atoms with Crippen LogP contribution in [0, 0.1) is 5.82 Å². The van der Waals surface area contributed by atoms with Crippen molar-refractivity contribution in [2.45, 2.75) is 6.54 Å². The Morgan fingerprint density at radius 1 is 1.04 bits per heavy atom. The van der Waals surface area contributed by atoms with Gasteiger partial charge in [0.25, 0.3) is 0 Å². The molecule has 0 fully saturated rings. The van der Waals surface area contributed by atoms with Crippen molar-refractivity contribution in [2.24, 2.45) is 0 Å². The number of carbonyl (C=O) groups is 1. The van der Waals surface area contributed by atoms with Crippen LogP contribution in [0.15, 0.2) is 77.4 Å². The topological polar surface area (TPSA) is 51.5 Å². The average molecular weight is 337 g/mol. The van der Waals surface area contributed by atoms with Gasteiger partial charge < -0.3 is 14.5 Å². The largest absolute Gasteiger partial charge is 0.465 e. The van der Waals surface area contributed by atoms with Crippen LogP contribution >= 0.6 is 0 Å². The molecule has 2 aromatic carbocycles. The van der Waals surface area contributed by atoms with Crippen LogP contribution in [0.1, 0.15) is 11.3 Å². The standard InChI is InChI=1S/C20H16FNO3/c21-16-5-9-19(10-6-16)25-18-7-3-15(4-8-18)14-22-20(23)12-11-17-2-1-13-24-17/h1-13H,14H2,(H,22,23). The first-order chi connectivity index (χ1) is 12.2. The minimum Gasteiger partial charge on any atom is -0.465 e. The number of nitrogens with one attached hydrogen (secondary N) is 1. The van der Waals surface area contributed by atoms with Crippen molar-refractivity contribution in [2.75, 3.05) is 0 Å². The lowest BCUT2D eigenvalue weighted by Crippen LogP contribution is -2.20. The van der Waals surface area contributed by atoms with E-state index in [9.17, 15) is 9.18 Å². The fourth-order valence-corrected chi connectivity index (χ4v) is 2.11. The Balaban J connectivity index is 1.50. The summed E-state index contributed by atoms with van der Waals surface area (Å²) in [5.41, 5.74) is 0.936. The summed E-state index contributed by atoms with van der Waals surface area (Å²) < 4.78 is 23.6. The maximum atomic E-state index is 12.9. The molecule has 1 amide bonds. The second kappa shape index (κ2) is 7.97. The third-order valence-electron chi connectivity index (χ3n) is 3.38. The number of ether oxygens (including phenoxy) is 1. The smallest absolute Gasteiger partial charge is 0.244 e. The Bertz CT molecular complexity index is 838. The summed E-state index contributed by atoms with van der Waals surface area (Å²) >= 11 is 0. The van der Waals surface area contributed by atoms with E-state index in [1.54, 1.807) is 48.7 Å². The maximum absolute atomic E-state index is 12.9. The van der Waals surface area contributed by atoms with E-state index >= 15 is 0 Å². The van der Waals surface area contributed by atoms with Gasteiger partial charge in [0.1, 0.15) is 23.1 Å². The van der Waals surface area contributed by atoms with Gasteiger partial charge in [-0.25, -0.2) is 4.39 Å². The number of benzene rings is 2. The third-order valence-corrected chi connectivity index (χ3v) is 3.38. The Kier molecular flexibility index (Phi) is 5.26. The summed E-state index contributed by atoms with van der Waals surface area (Å²) in [6.45, 7) is 0.401. The number of carbonyl (C=O) groups excluding carboxylic acids is 1. The van der Waals surface area contributed by atoms with Gasteiger partial charge in [-0.2, -0.15) is 0 Å². The summed E-state index contributed by atoms with van der Waals surface area (Å²) in [4.78, 5) is 11.8. The molecule has 25 heavy (non-hydrogen) atoms. The lowest BCUT2D eigenvalue weighted by Gasteiger charge is -2.07. The number of amides is 1. The molecule has 5 heteroatoms. The summed E-state index contributed by atoms with van der Waals surface area (Å²) in [7, 11) is 0. The molecule has 0 aliphatic heterocycles. The van der Waals surface area contributed by atoms with Crippen LogP contribution in [0.4, 0.5) is 4.39 Å². The maximum Gasteiger partial charge on any atom is 0.244 e. The Labute approximate surface area is 144 Å². The van der Waals surface area contributed by atoms with Crippen molar-refractivity contribution in [1.82, 2.24) is 5.32 Å². The molecule has 1 aromatic heterocycles. The molecule has 3 rings (SSSR count). The minimum atomic E-state index is -0.306. The first kappa shape index (κ1) is 16.5. The van der Waals surface area contributed by atoms with Gasteiger partial charge in [-0.3, -0.25) is 4.79 Å². The molecule has 4 nitrogen and oxygen atoms in total. The highest BCUT2D eigenvalue weighted by atomic mass is 19.1. The van der Waals surface area contributed by atoms with Crippen LogP contribution in [0.2, 0.25) is 0 Å². The van der Waals surface area contributed by atoms with E-state index in [1.165, 1.54) is 18.2 Å². The van der Waals surface area contributed by atoms with Crippen molar-refractivity contribution >= 4 is 12.0 Å². The van der Waals surface area contributed by atoms with E-state index in [0.29, 0.717) is 23.8 Å². The number of halogens is 1. The monoisotopic (exact) mass is 337 g/mol. The predicted octanol–water partition coefficient (Wildman–Crippen LogP) is 4.54. The normalized spacial score (nSPS) is 10.8. The Morgan fingerprint density at radius 2 is 1.72 bits per heavy atom. The van der Waals surface area contributed by atoms with Crippen LogP contribution in [-0.4, -0.2) is 5.91 Å². The second-order valence-corrected chi connectivity index (χ2v) is 5.27. The molecule has 0 saturated heterocycles. The fourth-order valence-electron chi connectivity index (χ4n) is 2.11. The van der Waals surface area contributed by atoms with Gasteiger partial charge >= 0.3 is 0 Å². The summed E-state index contributed by atoms with van der Waals surface area (Å²) in [6, 6.07) is 16.6. The van der Waals surface area contributed by atoms with Crippen molar-refractivity contribution < 1.29 is 18.3 Å². The summed E-state index contributed by atoms with van der Waals surface area (Å²) in [6.07, 6.45) is 4.58. The van der Waals surface area contributed by atoms with Gasteiger partial charge in [0, 0.05) is 12.6 Å². The molecule has 126 valence electrons. The summed E-state index contributed by atoms with van der Waals surface area (Å²) in [5, 5.41) is 2.79. The Hall–Kier alpha value is -3.34. The Morgan fingerprint density at radius 3 is 2.36 bits per heavy atom. The molecule has 1 N–H and O–H groups in total. The highest BCUT2D eigenvalue weighted by Gasteiger charge is 2.01. The van der Waals surface area contributed by atoms with Gasteiger partial charge in [-0.05, 0) is 60.2 Å². The molecule has 0 saturated carbocycles. The van der Waals surface area contributed by atoms with Crippen LogP contribution in [-0.2, 0) is 11.3 Å². The number of hydrogen-bond acceptors (Lipinski definition) is 3. The van der Waals surface area contributed by atoms with E-state index in [0.717, 1.165) is 5.56 Å². The zero-order valence-corrected chi connectivity index (χ0v) is 13.3. The lowest BCUT2D eigenvalue weighted by atomic mass is 10.2. The molecule has 0 radical (unpaired) electrons. The molecule has 0 aliphatic carbocycles. The van der Waals surface area contributed by atoms with Crippen LogP contribution in [0.25, 0.3) is 6.08 Å². The quantitative estimate of drug-likeness (QED) is 0.672. The van der Waals surface area contributed by atoms with Crippen molar-refractivity contribution in [3.05, 3.63) is 90.1 Å². The highest BCUT2D eigenvalue weighted by Crippen LogP contribution is 2.21. The molecule has 0 bridgehead atoms. The van der Waals surface area contributed by atoms with Gasteiger partial charge in [0.2, 0.25) is 5.91 Å². The number of hydrogen-bond donors (Lipinski definition) is 1. The van der Waals surface area contributed by atoms with Crippen LogP contribution < -0.4 is 10.1 Å². The number of furan rings is 1. The molecule has 0 atom stereocenters. The zero-order valence-electron chi connectivity index (χ0n) is 13.3. The fraction of sp³-hybridized carbons (Fsp3) is 0.0500. The molecule has 1 heterocycles. The van der Waals surface area contributed by atoms with Gasteiger partial charge in [-0.1, -0.05) is 12.1 Å². The lowest BCUT2D eigenvalue weighted by molar-refractivity contribution is -0.116. The predicted molar refractivity (Wildman–Crippen MR) is 92.5 cm³/mol. The van der Waals surface area contributed by atoms with Crippen molar-refractivity contribution in [3.63, 3.8) is 0 Å². The molecular formula is C20H16FNO3. The van der Waals surface area contributed by atoms with Crippen LogP contribution in [0.3, 0.4) is 0 Å². The number of rotatable bonds is 6. The second-order valence-electron chi connectivity index (χ2n) is 5.27. The zero-order chi connectivity index (χ0) is 17.5. The van der Waals surface area contributed by atoms with E-state index in [1.807, 2.05) is 12.1 Å². The molecule has 0 spiro atoms. The molecule has 0 unspecified atom stereocenters. The van der Waals surface area contributed by atoms with E-state index < -0.39 is 0 Å². The average Bonchev–Trinajstić information content (AvgIpc) is 3.15. The van der Waals surface area contributed by atoms with Crippen molar-refractivity contribution in [1.29, 1.82) is 0 Å². The highest BCUT2D eigenvalue weighted by molar-refractivity contribution is 5.91. The van der Waals surface area contributed by atoms with Gasteiger partial charge in [0.15, 0.2) is 0 Å². The van der Waals surface area contributed by atoms with E-state index in [-0.39, 0.29) is 11.7 Å². The van der Waals surface area contributed by atoms with E-state index in [4.69, 9.17) is 9.15 Å². The van der Waals surface area contributed by atoms with Crippen LogP contribution in [0.5, 0.6) is 11.5 Å². The molecule has 3 aromatic rings. The minimum absolute atomic E-state index is 0.206. The summed E-state index contributed by atoms with van der Waals surface area (Å²) in [5.74, 6) is 1.31. The SMILES string of the molecule is O=C(C=Cc1ccco1)NCc1ccc(Oc2ccc(F)cc2)cc1. The molecular weight excluding hydrogens is 321 g/mol. The third kappa shape index (κ3) is 5.07. The van der Waals surface area contributed by atoms with Gasteiger partial charge in [0.05, 0.1) is 6.26 Å². The first-order valence-electron chi connectivity index (χ1n) is 7.71. The van der Waals surface area contributed by atoms with Gasteiger partial charge in [-0.15, -0.1) is 0 Å². The molecule has 0 aliphatic rings.